The average Bonchev–Trinajstić information content (AvgIpc) is 3.06. The molecule has 1 aromatic carbocycles. The SMILES string of the molecule is CCCc1ccc(NC(=O)Nc2nnc(-c3ccncc3)s2)cc1. The molecule has 7 heteroatoms. The van der Waals surface area contributed by atoms with E-state index in [1.165, 1.54) is 16.9 Å². The number of rotatable bonds is 5. The lowest BCUT2D eigenvalue weighted by atomic mass is 10.1. The Bertz CT molecular complexity index is 801. The van der Waals surface area contributed by atoms with E-state index in [-0.39, 0.29) is 6.03 Å². The van der Waals surface area contributed by atoms with Crippen LogP contribution in [0.1, 0.15) is 18.9 Å². The number of amides is 2. The van der Waals surface area contributed by atoms with Gasteiger partial charge in [0.15, 0.2) is 0 Å². The molecule has 0 radical (unpaired) electrons. The van der Waals surface area contributed by atoms with Gasteiger partial charge in [-0.15, -0.1) is 10.2 Å². The van der Waals surface area contributed by atoms with Gasteiger partial charge in [0.2, 0.25) is 5.13 Å². The molecular weight excluding hydrogens is 322 g/mol. The highest BCUT2D eigenvalue weighted by Gasteiger charge is 2.09. The van der Waals surface area contributed by atoms with Crippen LogP contribution in [0.2, 0.25) is 0 Å². The van der Waals surface area contributed by atoms with Crippen LogP contribution in [0.4, 0.5) is 15.6 Å². The minimum atomic E-state index is -0.337. The van der Waals surface area contributed by atoms with Crippen LogP contribution in [0.3, 0.4) is 0 Å². The van der Waals surface area contributed by atoms with E-state index in [1.54, 1.807) is 12.4 Å². The molecule has 0 aliphatic rings. The van der Waals surface area contributed by atoms with Gasteiger partial charge in [0, 0.05) is 23.6 Å². The number of benzene rings is 1. The van der Waals surface area contributed by atoms with E-state index in [9.17, 15) is 4.79 Å². The molecule has 0 aliphatic heterocycles. The predicted octanol–water partition coefficient (Wildman–Crippen LogP) is 4.20. The number of nitrogens with one attached hydrogen (secondary N) is 2. The summed E-state index contributed by atoms with van der Waals surface area (Å²) in [6.45, 7) is 2.14. The van der Waals surface area contributed by atoms with Gasteiger partial charge in [0.1, 0.15) is 5.01 Å². The third-order valence-electron chi connectivity index (χ3n) is 3.32. The summed E-state index contributed by atoms with van der Waals surface area (Å²) in [5.41, 5.74) is 2.92. The van der Waals surface area contributed by atoms with E-state index in [1.807, 2.05) is 36.4 Å². The Balaban J connectivity index is 1.60. The van der Waals surface area contributed by atoms with E-state index >= 15 is 0 Å². The molecule has 0 saturated heterocycles. The van der Waals surface area contributed by atoms with E-state index in [0.717, 1.165) is 29.1 Å². The zero-order valence-corrected chi connectivity index (χ0v) is 14.0. The molecule has 3 rings (SSSR count). The monoisotopic (exact) mass is 339 g/mol. The first-order valence-corrected chi connectivity index (χ1v) is 8.47. The van der Waals surface area contributed by atoms with Gasteiger partial charge in [-0.25, -0.2) is 4.79 Å². The highest BCUT2D eigenvalue weighted by molar-refractivity contribution is 7.18. The van der Waals surface area contributed by atoms with Crippen molar-refractivity contribution in [2.24, 2.45) is 0 Å². The van der Waals surface area contributed by atoms with Crippen LogP contribution in [0.5, 0.6) is 0 Å². The van der Waals surface area contributed by atoms with Gasteiger partial charge >= 0.3 is 6.03 Å². The average molecular weight is 339 g/mol. The summed E-state index contributed by atoms with van der Waals surface area (Å²) in [5, 5.41) is 14.7. The number of aromatic nitrogens is 3. The summed E-state index contributed by atoms with van der Waals surface area (Å²) in [5.74, 6) is 0. The van der Waals surface area contributed by atoms with Crippen molar-refractivity contribution in [1.29, 1.82) is 0 Å². The van der Waals surface area contributed by atoms with Crippen LogP contribution in [0.15, 0.2) is 48.8 Å². The van der Waals surface area contributed by atoms with Crippen molar-refractivity contribution in [3.05, 3.63) is 54.4 Å². The van der Waals surface area contributed by atoms with Gasteiger partial charge < -0.3 is 5.32 Å². The Morgan fingerprint density at radius 2 is 1.79 bits per heavy atom. The summed E-state index contributed by atoms with van der Waals surface area (Å²) < 4.78 is 0. The Hall–Kier alpha value is -2.80. The zero-order valence-electron chi connectivity index (χ0n) is 13.2. The summed E-state index contributed by atoms with van der Waals surface area (Å²) in [7, 11) is 0. The first-order chi connectivity index (χ1) is 11.7. The molecule has 0 unspecified atom stereocenters. The fourth-order valence-electron chi connectivity index (χ4n) is 2.19. The molecule has 2 heterocycles. The Morgan fingerprint density at radius 1 is 1.04 bits per heavy atom. The van der Waals surface area contributed by atoms with Crippen molar-refractivity contribution >= 4 is 28.2 Å². The highest BCUT2D eigenvalue weighted by Crippen LogP contribution is 2.25. The summed E-state index contributed by atoms with van der Waals surface area (Å²) in [6.07, 6.45) is 5.52. The van der Waals surface area contributed by atoms with Gasteiger partial charge in [0.05, 0.1) is 0 Å². The number of pyridine rings is 1. The van der Waals surface area contributed by atoms with Crippen LogP contribution < -0.4 is 10.6 Å². The summed E-state index contributed by atoms with van der Waals surface area (Å²) >= 11 is 1.31. The molecule has 122 valence electrons. The number of hydrogen-bond donors (Lipinski definition) is 2. The molecule has 2 N–H and O–H groups in total. The molecule has 0 saturated carbocycles. The topological polar surface area (TPSA) is 79.8 Å². The summed E-state index contributed by atoms with van der Waals surface area (Å²) in [4.78, 5) is 16.0. The Kier molecular flexibility index (Phi) is 5.12. The zero-order chi connectivity index (χ0) is 16.8. The van der Waals surface area contributed by atoms with Crippen molar-refractivity contribution in [1.82, 2.24) is 15.2 Å². The standard InChI is InChI=1S/C17H17N5OS/c1-2-3-12-4-6-14(7-5-12)19-16(23)20-17-22-21-15(24-17)13-8-10-18-11-9-13/h4-11H,2-3H2,1H3,(H2,19,20,22,23). The lowest BCUT2D eigenvalue weighted by molar-refractivity contribution is 0.262. The fourth-order valence-corrected chi connectivity index (χ4v) is 2.93. The van der Waals surface area contributed by atoms with Crippen LogP contribution in [0.25, 0.3) is 10.6 Å². The maximum atomic E-state index is 12.0. The van der Waals surface area contributed by atoms with Crippen LogP contribution in [-0.2, 0) is 6.42 Å². The van der Waals surface area contributed by atoms with E-state index in [4.69, 9.17) is 0 Å². The molecule has 3 aromatic rings. The van der Waals surface area contributed by atoms with Crippen LogP contribution >= 0.6 is 11.3 Å². The van der Waals surface area contributed by atoms with Crippen molar-refractivity contribution in [3.8, 4) is 10.6 Å². The minimum absolute atomic E-state index is 0.337. The van der Waals surface area contributed by atoms with Gasteiger partial charge in [-0.1, -0.05) is 36.8 Å². The largest absolute Gasteiger partial charge is 0.325 e. The third-order valence-corrected chi connectivity index (χ3v) is 4.21. The molecule has 0 spiro atoms. The lowest BCUT2D eigenvalue weighted by Crippen LogP contribution is -2.19. The van der Waals surface area contributed by atoms with Crippen LogP contribution in [-0.4, -0.2) is 21.2 Å². The normalized spacial score (nSPS) is 10.4. The number of carbonyl (C=O) groups excluding carboxylic acids is 1. The van der Waals surface area contributed by atoms with Gasteiger partial charge in [0.25, 0.3) is 0 Å². The molecule has 2 aromatic heterocycles. The highest BCUT2D eigenvalue weighted by atomic mass is 32.1. The smallest absolute Gasteiger partial charge is 0.308 e. The van der Waals surface area contributed by atoms with Gasteiger partial charge in [-0.05, 0) is 36.2 Å². The molecular formula is C17H17N5OS. The second-order valence-corrected chi connectivity index (χ2v) is 6.15. The number of anilines is 2. The second-order valence-electron chi connectivity index (χ2n) is 5.17. The van der Waals surface area contributed by atoms with Gasteiger partial charge in [-0.2, -0.15) is 0 Å². The van der Waals surface area contributed by atoms with Crippen LogP contribution in [0, 0.1) is 0 Å². The maximum absolute atomic E-state index is 12.0. The predicted molar refractivity (Wildman–Crippen MR) is 96.2 cm³/mol. The van der Waals surface area contributed by atoms with E-state index < -0.39 is 0 Å². The lowest BCUT2D eigenvalue weighted by Gasteiger charge is -2.06. The molecule has 0 fully saturated rings. The van der Waals surface area contributed by atoms with Gasteiger partial charge in [-0.3, -0.25) is 10.3 Å². The van der Waals surface area contributed by atoms with Crippen molar-refractivity contribution in [2.75, 3.05) is 10.6 Å². The molecule has 2 amide bonds. The Morgan fingerprint density at radius 3 is 2.50 bits per heavy atom. The molecule has 24 heavy (non-hydrogen) atoms. The fraction of sp³-hybridized carbons (Fsp3) is 0.176. The number of hydrogen-bond acceptors (Lipinski definition) is 5. The molecule has 0 aliphatic carbocycles. The number of aryl methyl sites for hydroxylation is 1. The van der Waals surface area contributed by atoms with Crippen molar-refractivity contribution in [3.63, 3.8) is 0 Å². The van der Waals surface area contributed by atoms with Crippen molar-refractivity contribution < 1.29 is 4.79 Å². The third kappa shape index (κ3) is 4.14. The summed E-state index contributed by atoms with van der Waals surface area (Å²) in [6, 6.07) is 11.2. The van der Waals surface area contributed by atoms with E-state index in [0.29, 0.717) is 5.13 Å². The number of carbonyl (C=O) groups is 1. The second kappa shape index (κ2) is 7.65. The Labute approximate surface area is 144 Å². The van der Waals surface area contributed by atoms with E-state index in [2.05, 4.69) is 32.7 Å². The minimum Gasteiger partial charge on any atom is -0.308 e. The first-order valence-electron chi connectivity index (χ1n) is 7.65. The number of nitrogens with zero attached hydrogens (tertiary/aromatic N) is 3. The van der Waals surface area contributed by atoms with Crippen molar-refractivity contribution in [2.45, 2.75) is 19.8 Å². The number of urea groups is 1. The molecule has 0 atom stereocenters. The maximum Gasteiger partial charge on any atom is 0.325 e. The molecule has 6 nitrogen and oxygen atoms in total. The quantitative estimate of drug-likeness (QED) is 0.730. The first kappa shape index (κ1) is 16.1. The molecule has 0 bridgehead atoms.